The van der Waals surface area contributed by atoms with Crippen LogP contribution in [0.15, 0.2) is 47.4 Å². The summed E-state index contributed by atoms with van der Waals surface area (Å²) in [6, 6.07) is 11.4. The van der Waals surface area contributed by atoms with Gasteiger partial charge in [0.15, 0.2) is 0 Å². The van der Waals surface area contributed by atoms with Crippen LogP contribution in [-0.2, 0) is 14.8 Å². The summed E-state index contributed by atoms with van der Waals surface area (Å²) in [5.74, 6) is -0.175. The van der Waals surface area contributed by atoms with Crippen molar-refractivity contribution in [2.45, 2.75) is 37.9 Å². The molecule has 3 rings (SSSR count). The van der Waals surface area contributed by atoms with Gasteiger partial charge in [-0.25, -0.2) is 8.42 Å². The van der Waals surface area contributed by atoms with Crippen LogP contribution in [0, 0.1) is 6.92 Å². The molecule has 174 valence electrons. The number of carbonyl (C=O) groups is 1. The van der Waals surface area contributed by atoms with Crippen molar-refractivity contribution in [3.05, 3.63) is 53.6 Å². The standard InChI is InChI=1S/C23H31N3O5S/c1-16-5-8-20(9-6-16)25-32(28,29)22-13-19(7-10-21(22)30-4)23(27)24-11-12-26-14-17(2)31-18(3)15-26/h5-10,13,17-18,25H,11-12,14-15H2,1-4H3,(H,24,27). The second kappa shape index (κ2) is 10.3. The van der Waals surface area contributed by atoms with E-state index in [0.29, 0.717) is 18.8 Å². The number of hydrogen-bond donors (Lipinski definition) is 2. The lowest BCUT2D eigenvalue weighted by Crippen LogP contribution is -2.47. The largest absolute Gasteiger partial charge is 0.495 e. The van der Waals surface area contributed by atoms with Crippen LogP contribution in [-0.4, -0.2) is 64.7 Å². The van der Waals surface area contributed by atoms with Gasteiger partial charge in [-0.05, 0) is 51.1 Å². The molecule has 0 saturated carbocycles. The first-order valence-electron chi connectivity index (χ1n) is 10.6. The maximum Gasteiger partial charge on any atom is 0.265 e. The molecule has 2 atom stereocenters. The van der Waals surface area contributed by atoms with E-state index >= 15 is 0 Å². The third kappa shape index (κ3) is 6.21. The number of morpholine rings is 1. The minimum Gasteiger partial charge on any atom is -0.495 e. The number of amides is 1. The highest BCUT2D eigenvalue weighted by molar-refractivity contribution is 7.92. The summed E-state index contributed by atoms with van der Waals surface area (Å²) in [6.07, 6.45) is 0.315. The van der Waals surface area contributed by atoms with E-state index in [1.807, 2.05) is 32.9 Å². The van der Waals surface area contributed by atoms with Gasteiger partial charge in [-0.2, -0.15) is 0 Å². The van der Waals surface area contributed by atoms with Crippen LogP contribution >= 0.6 is 0 Å². The van der Waals surface area contributed by atoms with Crippen LogP contribution in [0.1, 0.15) is 29.8 Å². The Morgan fingerprint density at radius 2 is 1.78 bits per heavy atom. The minimum atomic E-state index is -3.95. The highest BCUT2D eigenvalue weighted by Crippen LogP contribution is 2.27. The Hall–Kier alpha value is -2.62. The summed E-state index contributed by atoms with van der Waals surface area (Å²) in [5, 5.41) is 2.87. The fourth-order valence-electron chi connectivity index (χ4n) is 3.76. The molecule has 9 heteroatoms. The maximum atomic E-state index is 13.0. The summed E-state index contributed by atoms with van der Waals surface area (Å²) in [4.78, 5) is 14.8. The third-order valence-electron chi connectivity index (χ3n) is 5.23. The zero-order valence-corrected chi connectivity index (χ0v) is 19.7. The second-order valence-corrected chi connectivity index (χ2v) is 9.76. The van der Waals surface area contributed by atoms with E-state index in [-0.39, 0.29) is 34.3 Å². The molecule has 0 aliphatic carbocycles. The first-order valence-corrected chi connectivity index (χ1v) is 12.1. The lowest BCUT2D eigenvalue weighted by Gasteiger charge is -2.35. The predicted molar refractivity (Wildman–Crippen MR) is 124 cm³/mol. The number of methoxy groups -OCH3 is 1. The van der Waals surface area contributed by atoms with Crippen LogP contribution in [0.5, 0.6) is 5.75 Å². The molecule has 1 amide bonds. The minimum absolute atomic E-state index is 0.0935. The van der Waals surface area contributed by atoms with Gasteiger partial charge in [-0.1, -0.05) is 17.7 Å². The average molecular weight is 462 g/mol. The topological polar surface area (TPSA) is 97.0 Å². The average Bonchev–Trinajstić information content (AvgIpc) is 2.74. The molecule has 2 N–H and O–H groups in total. The zero-order valence-electron chi connectivity index (χ0n) is 18.9. The summed E-state index contributed by atoms with van der Waals surface area (Å²) < 4.78 is 39.5. The number of carbonyl (C=O) groups excluding carboxylic acids is 1. The van der Waals surface area contributed by atoms with Crippen LogP contribution in [0.3, 0.4) is 0 Å². The van der Waals surface area contributed by atoms with Gasteiger partial charge in [0.2, 0.25) is 0 Å². The Balaban J connectivity index is 1.69. The Kier molecular flexibility index (Phi) is 7.76. The molecule has 1 fully saturated rings. The Bertz CT molecular complexity index is 1030. The van der Waals surface area contributed by atoms with Gasteiger partial charge >= 0.3 is 0 Å². The number of rotatable bonds is 8. The maximum absolute atomic E-state index is 13.0. The highest BCUT2D eigenvalue weighted by Gasteiger charge is 2.23. The molecule has 1 saturated heterocycles. The summed E-state index contributed by atoms with van der Waals surface area (Å²) >= 11 is 0. The monoisotopic (exact) mass is 461 g/mol. The van der Waals surface area contributed by atoms with Crippen molar-refractivity contribution in [2.24, 2.45) is 0 Å². The van der Waals surface area contributed by atoms with Crippen molar-refractivity contribution >= 4 is 21.6 Å². The van der Waals surface area contributed by atoms with Crippen molar-refractivity contribution in [1.29, 1.82) is 0 Å². The molecule has 1 aliphatic rings. The summed E-state index contributed by atoms with van der Waals surface area (Å²) in [5.41, 5.74) is 1.70. The third-order valence-corrected chi connectivity index (χ3v) is 6.63. The zero-order chi connectivity index (χ0) is 23.3. The number of nitrogens with zero attached hydrogens (tertiary/aromatic N) is 1. The van der Waals surface area contributed by atoms with Gasteiger partial charge < -0.3 is 14.8 Å². The molecule has 0 spiro atoms. The van der Waals surface area contributed by atoms with E-state index in [2.05, 4.69) is 14.9 Å². The molecule has 1 heterocycles. The smallest absolute Gasteiger partial charge is 0.265 e. The van der Waals surface area contributed by atoms with E-state index in [4.69, 9.17) is 9.47 Å². The van der Waals surface area contributed by atoms with Crippen molar-refractivity contribution < 1.29 is 22.7 Å². The lowest BCUT2D eigenvalue weighted by atomic mass is 10.2. The summed E-state index contributed by atoms with van der Waals surface area (Å²) in [6.45, 7) is 8.76. The Morgan fingerprint density at radius 3 is 2.41 bits per heavy atom. The molecule has 0 aromatic heterocycles. The van der Waals surface area contributed by atoms with Gasteiger partial charge in [0.25, 0.3) is 15.9 Å². The Labute approximate surface area is 190 Å². The summed E-state index contributed by atoms with van der Waals surface area (Å²) in [7, 11) is -2.56. The number of anilines is 1. The quantitative estimate of drug-likeness (QED) is 0.627. The van der Waals surface area contributed by atoms with Crippen LogP contribution in [0.25, 0.3) is 0 Å². The number of sulfonamides is 1. The van der Waals surface area contributed by atoms with Crippen LogP contribution in [0.4, 0.5) is 5.69 Å². The number of nitrogens with one attached hydrogen (secondary N) is 2. The SMILES string of the molecule is COc1ccc(C(=O)NCCN2CC(C)OC(C)C2)cc1S(=O)(=O)Nc1ccc(C)cc1. The molecule has 8 nitrogen and oxygen atoms in total. The number of benzene rings is 2. The number of hydrogen-bond acceptors (Lipinski definition) is 6. The van der Waals surface area contributed by atoms with Crippen molar-refractivity contribution in [2.75, 3.05) is 38.0 Å². The first kappa shape index (κ1) is 24.0. The van der Waals surface area contributed by atoms with Gasteiger partial charge in [0, 0.05) is 37.4 Å². The normalized spacial score (nSPS) is 19.4. The molecule has 2 aromatic carbocycles. The van der Waals surface area contributed by atoms with Crippen molar-refractivity contribution in [1.82, 2.24) is 10.2 Å². The first-order chi connectivity index (χ1) is 15.2. The van der Waals surface area contributed by atoms with Crippen molar-refractivity contribution in [3.63, 3.8) is 0 Å². The molecule has 32 heavy (non-hydrogen) atoms. The second-order valence-electron chi connectivity index (χ2n) is 8.11. The van der Waals surface area contributed by atoms with E-state index in [1.165, 1.54) is 19.2 Å². The van der Waals surface area contributed by atoms with E-state index in [0.717, 1.165) is 18.7 Å². The molecule has 2 aromatic rings. The van der Waals surface area contributed by atoms with Gasteiger partial charge in [-0.3, -0.25) is 14.4 Å². The fourth-order valence-corrected chi connectivity index (χ4v) is 5.01. The molecule has 0 radical (unpaired) electrons. The van der Waals surface area contributed by atoms with Gasteiger partial charge in [0.1, 0.15) is 10.6 Å². The molecular formula is C23H31N3O5S. The predicted octanol–water partition coefficient (Wildman–Crippen LogP) is 2.64. The van der Waals surface area contributed by atoms with Gasteiger partial charge in [-0.15, -0.1) is 0 Å². The van der Waals surface area contributed by atoms with Crippen LogP contribution < -0.4 is 14.8 Å². The van der Waals surface area contributed by atoms with Crippen molar-refractivity contribution in [3.8, 4) is 5.75 Å². The lowest BCUT2D eigenvalue weighted by molar-refractivity contribution is -0.0672. The molecule has 2 unspecified atom stereocenters. The van der Waals surface area contributed by atoms with E-state index in [1.54, 1.807) is 18.2 Å². The highest BCUT2D eigenvalue weighted by atomic mass is 32.2. The number of ether oxygens (including phenoxy) is 2. The van der Waals surface area contributed by atoms with Crippen LogP contribution in [0.2, 0.25) is 0 Å². The molecule has 1 aliphatic heterocycles. The molecular weight excluding hydrogens is 430 g/mol. The van der Waals surface area contributed by atoms with E-state index < -0.39 is 10.0 Å². The number of aryl methyl sites for hydroxylation is 1. The van der Waals surface area contributed by atoms with E-state index in [9.17, 15) is 13.2 Å². The fraction of sp³-hybridized carbons (Fsp3) is 0.435. The van der Waals surface area contributed by atoms with Gasteiger partial charge in [0.05, 0.1) is 19.3 Å². The Morgan fingerprint density at radius 1 is 1.12 bits per heavy atom. The molecule has 0 bridgehead atoms.